The summed E-state index contributed by atoms with van der Waals surface area (Å²) in [5.74, 6) is 1.04. The fraction of sp³-hybridized carbons (Fsp3) is 0.500. The van der Waals surface area contributed by atoms with Gasteiger partial charge in [0.1, 0.15) is 11.9 Å². The quantitative estimate of drug-likeness (QED) is 0.207. The Labute approximate surface area is 253 Å². The normalized spacial score (nSPS) is 16.3. The number of nitrogens with zero attached hydrogens (tertiary/aromatic N) is 5. The number of hydrogen-bond acceptors (Lipinski definition) is 7. The minimum Gasteiger partial charge on any atom is -0.390 e. The number of amides is 1. The van der Waals surface area contributed by atoms with Gasteiger partial charge in [0.25, 0.3) is 0 Å². The molecule has 3 atom stereocenters. The molecule has 3 heterocycles. The Morgan fingerprint density at radius 3 is 2.51 bits per heavy atom. The number of aromatic nitrogens is 5. The third-order valence-corrected chi connectivity index (χ3v) is 8.41. The number of hydrogen-bond donors (Lipinski definition) is 3. The van der Waals surface area contributed by atoms with Gasteiger partial charge in [0.2, 0.25) is 5.91 Å². The summed E-state index contributed by atoms with van der Waals surface area (Å²) in [6.45, 7) is 4.28. The Morgan fingerprint density at radius 1 is 1.02 bits per heavy atom. The van der Waals surface area contributed by atoms with Gasteiger partial charge >= 0.3 is 0 Å². The van der Waals surface area contributed by atoms with Crippen molar-refractivity contribution in [2.45, 2.75) is 96.3 Å². The molecule has 1 aliphatic carbocycles. The molecule has 0 aliphatic heterocycles. The zero-order chi connectivity index (χ0) is 30.2. The zero-order valence-electron chi connectivity index (χ0n) is 25.3. The van der Waals surface area contributed by atoms with Gasteiger partial charge < -0.3 is 15.5 Å². The third-order valence-electron chi connectivity index (χ3n) is 8.41. The summed E-state index contributed by atoms with van der Waals surface area (Å²) in [6, 6.07) is 15.1. The highest BCUT2D eigenvalue weighted by atomic mass is 16.3. The number of aliphatic hydroxyl groups is 2. The maximum Gasteiger partial charge on any atom is 0.227 e. The van der Waals surface area contributed by atoms with Crippen LogP contribution in [0.1, 0.15) is 76.0 Å². The first-order chi connectivity index (χ1) is 20.9. The van der Waals surface area contributed by atoms with Crippen LogP contribution in [0.25, 0.3) is 16.9 Å². The molecule has 0 bridgehead atoms. The highest BCUT2D eigenvalue weighted by Crippen LogP contribution is 2.29. The second-order valence-electron chi connectivity index (χ2n) is 12.4. The lowest BCUT2D eigenvalue weighted by Gasteiger charge is -2.32. The highest BCUT2D eigenvalue weighted by molar-refractivity contribution is 5.78. The highest BCUT2D eigenvalue weighted by Gasteiger charge is 2.31. The molecule has 0 spiro atoms. The first-order valence-electron chi connectivity index (χ1n) is 15.7. The molecule has 4 aromatic rings. The lowest BCUT2D eigenvalue weighted by Crippen LogP contribution is -2.50. The van der Waals surface area contributed by atoms with Crippen molar-refractivity contribution in [3.05, 3.63) is 78.1 Å². The van der Waals surface area contributed by atoms with Crippen molar-refractivity contribution in [3.63, 3.8) is 0 Å². The number of aliphatic hydroxyl groups excluding tert-OH is 2. The minimum absolute atomic E-state index is 0.00154. The fourth-order valence-corrected chi connectivity index (χ4v) is 6.14. The van der Waals surface area contributed by atoms with Crippen LogP contribution in [0.15, 0.2) is 60.9 Å². The summed E-state index contributed by atoms with van der Waals surface area (Å²) in [4.78, 5) is 22.8. The summed E-state index contributed by atoms with van der Waals surface area (Å²) in [5.41, 5.74) is 4.14. The first kappa shape index (κ1) is 30.8. The van der Waals surface area contributed by atoms with Crippen LogP contribution in [0.5, 0.6) is 0 Å². The average Bonchev–Trinajstić information content (AvgIpc) is 3.43. The smallest absolute Gasteiger partial charge is 0.227 e. The number of pyridine rings is 1. The van der Waals surface area contributed by atoms with Crippen molar-refractivity contribution in [3.8, 4) is 11.3 Å². The van der Waals surface area contributed by atoms with Crippen molar-refractivity contribution in [1.29, 1.82) is 0 Å². The van der Waals surface area contributed by atoms with Gasteiger partial charge in [-0.2, -0.15) is 0 Å². The predicted octanol–water partition coefficient (Wildman–Crippen LogP) is 4.74. The van der Waals surface area contributed by atoms with Gasteiger partial charge in [-0.1, -0.05) is 82.3 Å². The van der Waals surface area contributed by atoms with E-state index >= 15 is 0 Å². The molecule has 1 amide bonds. The van der Waals surface area contributed by atoms with Crippen LogP contribution in [0, 0.1) is 11.8 Å². The number of carbonyl (C=O) groups is 1. The summed E-state index contributed by atoms with van der Waals surface area (Å²) >= 11 is 0. The number of rotatable bonds is 13. The largest absolute Gasteiger partial charge is 0.390 e. The number of carbonyl (C=O) groups excluding carboxylic acids is 1. The van der Waals surface area contributed by atoms with E-state index in [-0.39, 0.29) is 12.3 Å². The number of aryl methyl sites for hydroxylation is 1. The summed E-state index contributed by atoms with van der Waals surface area (Å²) in [5, 5.41) is 34.2. The van der Waals surface area contributed by atoms with Crippen molar-refractivity contribution < 1.29 is 15.0 Å². The molecule has 1 aromatic carbocycles. The van der Waals surface area contributed by atoms with Crippen LogP contribution in [0.3, 0.4) is 0 Å². The van der Waals surface area contributed by atoms with Crippen LogP contribution < -0.4 is 5.32 Å². The fourth-order valence-electron chi connectivity index (χ4n) is 6.14. The van der Waals surface area contributed by atoms with E-state index in [4.69, 9.17) is 4.98 Å². The second kappa shape index (κ2) is 14.7. The van der Waals surface area contributed by atoms with Crippen molar-refractivity contribution >= 4 is 11.6 Å². The molecule has 43 heavy (non-hydrogen) atoms. The molecule has 9 heteroatoms. The summed E-state index contributed by atoms with van der Waals surface area (Å²) < 4.78 is 1.88. The second-order valence-corrected chi connectivity index (χ2v) is 12.4. The van der Waals surface area contributed by atoms with E-state index in [0.29, 0.717) is 42.6 Å². The van der Waals surface area contributed by atoms with E-state index in [0.717, 1.165) is 54.7 Å². The van der Waals surface area contributed by atoms with Crippen LogP contribution in [0.4, 0.5) is 0 Å². The first-order valence-corrected chi connectivity index (χ1v) is 15.7. The molecule has 0 radical (unpaired) electrons. The Balaban J connectivity index is 1.34. The lowest BCUT2D eigenvalue weighted by atomic mass is 9.82. The lowest BCUT2D eigenvalue weighted by molar-refractivity contribution is -0.123. The van der Waals surface area contributed by atoms with Crippen LogP contribution in [0.2, 0.25) is 0 Å². The van der Waals surface area contributed by atoms with Gasteiger partial charge in [-0.15, -0.1) is 10.2 Å². The number of nitrogens with one attached hydrogen (secondary N) is 1. The Hall–Kier alpha value is -3.69. The van der Waals surface area contributed by atoms with E-state index in [1.54, 1.807) is 6.20 Å². The average molecular weight is 585 g/mol. The SMILES string of the molecule is CC(C)Cc1nc(-c2ccccc2)cn2c(CC(=O)N[C@@H](CC3CCCCC3)[C@@H](O)[C@@H](O)CCc3ccccn3)nnc12. The number of fused-ring (bicyclic) bond motifs is 1. The molecule has 1 aliphatic rings. The van der Waals surface area contributed by atoms with Gasteiger partial charge in [0.05, 0.1) is 30.0 Å². The van der Waals surface area contributed by atoms with E-state index in [9.17, 15) is 15.0 Å². The molecular formula is C34H44N6O3. The molecule has 3 N–H and O–H groups in total. The Bertz CT molecular complexity index is 1450. The van der Waals surface area contributed by atoms with Gasteiger partial charge in [-0.25, -0.2) is 4.98 Å². The molecule has 0 saturated heterocycles. The third kappa shape index (κ3) is 8.24. The van der Waals surface area contributed by atoms with Gasteiger partial charge in [0.15, 0.2) is 5.65 Å². The van der Waals surface area contributed by atoms with Gasteiger partial charge in [0, 0.05) is 23.7 Å². The molecule has 0 unspecified atom stereocenters. The van der Waals surface area contributed by atoms with Crippen LogP contribution >= 0.6 is 0 Å². The zero-order valence-corrected chi connectivity index (χ0v) is 25.3. The van der Waals surface area contributed by atoms with Crippen molar-refractivity contribution in [2.24, 2.45) is 11.8 Å². The molecule has 3 aromatic heterocycles. The van der Waals surface area contributed by atoms with Gasteiger partial charge in [-0.05, 0) is 49.7 Å². The summed E-state index contributed by atoms with van der Waals surface area (Å²) in [7, 11) is 0. The van der Waals surface area contributed by atoms with Crippen LogP contribution in [-0.2, 0) is 24.1 Å². The van der Waals surface area contributed by atoms with E-state index < -0.39 is 18.2 Å². The van der Waals surface area contributed by atoms with E-state index in [2.05, 4.69) is 34.3 Å². The maximum atomic E-state index is 13.5. The van der Waals surface area contributed by atoms with E-state index in [1.807, 2.05) is 59.1 Å². The van der Waals surface area contributed by atoms with Crippen LogP contribution in [-0.4, -0.2) is 58.9 Å². The van der Waals surface area contributed by atoms with Crippen molar-refractivity contribution in [2.75, 3.05) is 0 Å². The topological polar surface area (TPSA) is 126 Å². The molecule has 9 nitrogen and oxygen atoms in total. The summed E-state index contributed by atoms with van der Waals surface area (Å²) in [6.07, 6.45) is 9.52. The number of benzene rings is 1. The Morgan fingerprint density at radius 2 is 1.79 bits per heavy atom. The molecule has 1 fully saturated rings. The molecule has 1 saturated carbocycles. The Kier molecular flexibility index (Phi) is 10.5. The maximum absolute atomic E-state index is 13.5. The minimum atomic E-state index is -1.09. The van der Waals surface area contributed by atoms with E-state index in [1.165, 1.54) is 6.42 Å². The standard InChI is InChI=1S/C34H44N6O3/c1-23(2)19-28-34-39-38-31(40(34)22-29(36-28)25-13-7-4-8-14-25)21-32(42)37-27(20-24-11-5-3-6-12-24)33(43)30(41)17-16-26-15-9-10-18-35-26/h4,7-10,13-15,18,22-24,27,30,33,41,43H,3,5-6,11-12,16-17,19-21H2,1-2H3,(H,37,42)/t27-,30-,33+/m0/s1. The monoisotopic (exact) mass is 584 g/mol. The predicted molar refractivity (Wildman–Crippen MR) is 166 cm³/mol. The van der Waals surface area contributed by atoms with Crippen molar-refractivity contribution in [1.82, 2.24) is 29.9 Å². The molecule has 228 valence electrons. The molecular weight excluding hydrogens is 540 g/mol. The van der Waals surface area contributed by atoms with Gasteiger partial charge in [-0.3, -0.25) is 14.2 Å². The molecule has 5 rings (SSSR count).